The number of rotatable bonds is 7. The third kappa shape index (κ3) is 7.20. The van der Waals surface area contributed by atoms with E-state index in [0.717, 1.165) is 12.3 Å². The number of carboxylic acids is 1. The standard InChI is InChI=1S/C18H33N3O4/c1-14(10-15-6-4-3-5-7-15)19-18(24)21-8-9-25-16(12-21)11-20(2)13-17(22)23/h14-16H,3-13H2,1-2H3,(H,19,24)(H,22,23)/t14-,16?/m1/s1. The Hall–Kier alpha value is -1.34. The van der Waals surface area contributed by atoms with Gasteiger partial charge >= 0.3 is 12.0 Å². The lowest BCUT2D eigenvalue weighted by Crippen LogP contribution is -2.53. The average molecular weight is 355 g/mol. The third-order valence-electron chi connectivity index (χ3n) is 5.13. The van der Waals surface area contributed by atoms with Gasteiger partial charge in [0.2, 0.25) is 0 Å². The highest BCUT2D eigenvalue weighted by atomic mass is 16.5. The molecule has 2 atom stereocenters. The Labute approximate surface area is 150 Å². The number of amides is 2. The molecule has 0 aromatic heterocycles. The molecule has 2 rings (SSSR count). The van der Waals surface area contributed by atoms with E-state index >= 15 is 0 Å². The number of aliphatic carboxylic acids is 1. The second-order valence-corrected chi connectivity index (χ2v) is 7.62. The van der Waals surface area contributed by atoms with Crippen LogP contribution in [0.5, 0.6) is 0 Å². The molecule has 2 fully saturated rings. The highest BCUT2D eigenvalue weighted by Crippen LogP contribution is 2.27. The summed E-state index contributed by atoms with van der Waals surface area (Å²) in [6.07, 6.45) is 7.48. The Kier molecular flexibility index (Phi) is 7.96. The number of carbonyl (C=O) groups is 2. The van der Waals surface area contributed by atoms with Gasteiger partial charge in [0.15, 0.2) is 0 Å². The lowest BCUT2D eigenvalue weighted by Gasteiger charge is -2.35. The van der Waals surface area contributed by atoms with Gasteiger partial charge in [-0.3, -0.25) is 9.69 Å². The van der Waals surface area contributed by atoms with Crippen molar-refractivity contribution in [2.75, 3.05) is 39.8 Å². The number of hydrogen-bond donors (Lipinski definition) is 2. The van der Waals surface area contributed by atoms with Crippen LogP contribution in [-0.4, -0.2) is 78.9 Å². The maximum absolute atomic E-state index is 12.5. The summed E-state index contributed by atoms with van der Waals surface area (Å²) in [4.78, 5) is 26.8. The second kappa shape index (κ2) is 9.97. The van der Waals surface area contributed by atoms with Gasteiger partial charge in [-0.25, -0.2) is 4.79 Å². The van der Waals surface area contributed by atoms with Crippen molar-refractivity contribution in [1.29, 1.82) is 0 Å². The summed E-state index contributed by atoms with van der Waals surface area (Å²) in [6.45, 7) is 4.16. The van der Waals surface area contributed by atoms with Gasteiger partial charge < -0.3 is 20.1 Å². The first kappa shape index (κ1) is 20.0. The molecule has 2 aliphatic rings. The number of ether oxygens (including phenoxy) is 1. The van der Waals surface area contributed by atoms with Crippen molar-refractivity contribution >= 4 is 12.0 Å². The summed E-state index contributed by atoms with van der Waals surface area (Å²) in [7, 11) is 1.75. The summed E-state index contributed by atoms with van der Waals surface area (Å²) in [5, 5.41) is 12.0. The van der Waals surface area contributed by atoms with E-state index in [1.807, 2.05) is 0 Å². The van der Waals surface area contributed by atoms with E-state index in [2.05, 4.69) is 12.2 Å². The molecule has 7 nitrogen and oxygen atoms in total. The van der Waals surface area contributed by atoms with E-state index in [1.165, 1.54) is 32.1 Å². The summed E-state index contributed by atoms with van der Waals surface area (Å²) in [5.74, 6) is -0.115. The maximum atomic E-state index is 12.5. The molecule has 1 aliphatic heterocycles. The van der Waals surface area contributed by atoms with E-state index in [-0.39, 0.29) is 24.7 Å². The smallest absolute Gasteiger partial charge is 0.317 e. The van der Waals surface area contributed by atoms with Gasteiger partial charge in [0.25, 0.3) is 0 Å². The SMILES string of the molecule is C[C@H](CC1CCCCC1)NC(=O)N1CCOC(CN(C)CC(=O)O)C1. The molecule has 0 aromatic rings. The zero-order valence-electron chi connectivity index (χ0n) is 15.6. The first-order chi connectivity index (χ1) is 11.9. The minimum Gasteiger partial charge on any atom is -0.480 e. The van der Waals surface area contributed by atoms with Gasteiger partial charge in [-0.1, -0.05) is 32.1 Å². The van der Waals surface area contributed by atoms with Crippen molar-refractivity contribution in [3.8, 4) is 0 Å². The molecule has 2 amide bonds. The number of carboxylic acid groups (broad SMARTS) is 1. The summed E-state index contributed by atoms with van der Waals surface area (Å²) in [5.41, 5.74) is 0. The molecular formula is C18H33N3O4. The molecule has 1 aliphatic carbocycles. The van der Waals surface area contributed by atoms with Gasteiger partial charge in [0.1, 0.15) is 0 Å². The lowest BCUT2D eigenvalue weighted by molar-refractivity contribution is -0.138. The van der Waals surface area contributed by atoms with Crippen LogP contribution in [0.4, 0.5) is 4.79 Å². The van der Waals surface area contributed by atoms with Gasteiger partial charge in [-0.2, -0.15) is 0 Å². The molecular weight excluding hydrogens is 322 g/mol. The number of urea groups is 1. The van der Waals surface area contributed by atoms with E-state index < -0.39 is 5.97 Å². The van der Waals surface area contributed by atoms with Crippen molar-refractivity contribution in [2.45, 2.75) is 57.6 Å². The first-order valence-corrected chi connectivity index (χ1v) is 9.51. The summed E-state index contributed by atoms with van der Waals surface area (Å²) in [6, 6.07) is 0.157. The lowest BCUT2D eigenvalue weighted by atomic mass is 9.85. The number of morpholine rings is 1. The fourth-order valence-electron chi connectivity index (χ4n) is 3.94. The molecule has 25 heavy (non-hydrogen) atoms. The monoisotopic (exact) mass is 355 g/mol. The number of likely N-dealkylation sites (N-methyl/N-ethyl adjacent to an activating group) is 1. The quantitative estimate of drug-likeness (QED) is 0.727. The number of hydrogen-bond acceptors (Lipinski definition) is 4. The summed E-state index contributed by atoms with van der Waals surface area (Å²) >= 11 is 0. The fourth-order valence-corrected chi connectivity index (χ4v) is 3.94. The van der Waals surface area contributed by atoms with Crippen LogP contribution in [-0.2, 0) is 9.53 Å². The number of nitrogens with one attached hydrogen (secondary N) is 1. The van der Waals surface area contributed by atoms with Crippen LogP contribution >= 0.6 is 0 Å². The number of nitrogens with zero attached hydrogens (tertiary/aromatic N) is 2. The molecule has 2 N–H and O–H groups in total. The Morgan fingerprint density at radius 3 is 2.72 bits per heavy atom. The normalized spacial score (nSPS) is 23.5. The van der Waals surface area contributed by atoms with Crippen LogP contribution < -0.4 is 5.32 Å². The zero-order valence-corrected chi connectivity index (χ0v) is 15.6. The predicted molar refractivity (Wildman–Crippen MR) is 95.6 cm³/mol. The van der Waals surface area contributed by atoms with Crippen molar-refractivity contribution in [2.24, 2.45) is 5.92 Å². The Morgan fingerprint density at radius 2 is 2.04 bits per heavy atom. The van der Waals surface area contributed by atoms with Crippen molar-refractivity contribution in [3.63, 3.8) is 0 Å². The van der Waals surface area contributed by atoms with E-state index in [1.54, 1.807) is 16.8 Å². The molecule has 1 saturated carbocycles. The Bertz CT molecular complexity index is 440. The van der Waals surface area contributed by atoms with E-state index in [0.29, 0.717) is 26.2 Å². The van der Waals surface area contributed by atoms with Crippen LogP contribution in [0.3, 0.4) is 0 Å². The van der Waals surface area contributed by atoms with E-state index in [4.69, 9.17) is 9.84 Å². The Balaban J connectivity index is 1.73. The molecule has 1 heterocycles. The molecule has 0 spiro atoms. The topological polar surface area (TPSA) is 82.1 Å². The number of carbonyl (C=O) groups excluding carboxylic acids is 1. The van der Waals surface area contributed by atoms with Crippen LogP contribution in [0.1, 0.15) is 45.4 Å². The van der Waals surface area contributed by atoms with Crippen LogP contribution in [0.15, 0.2) is 0 Å². The molecule has 7 heteroatoms. The van der Waals surface area contributed by atoms with Gasteiger partial charge in [-0.05, 0) is 26.3 Å². The molecule has 0 radical (unpaired) electrons. The molecule has 1 unspecified atom stereocenters. The van der Waals surface area contributed by atoms with Gasteiger partial charge in [-0.15, -0.1) is 0 Å². The highest BCUT2D eigenvalue weighted by molar-refractivity contribution is 5.74. The van der Waals surface area contributed by atoms with Crippen molar-refractivity contribution < 1.29 is 19.4 Å². The van der Waals surface area contributed by atoms with Crippen LogP contribution in [0.2, 0.25) is 0 Å². The maximum Gasteiger partial charge on any atom is 0.317 e. The molecule has 1 saturated heterocycles. The largest absolute Gasteiger partial charge is 0.480 e. The zero-order chi connectivity index (χ0) is 18.2. The van der Waals surface area contributed by atoms with Crippen molar-refractivity contribution in [1.82, 2.24) is 15.1 Å². The summed E-state index contributed by atoms with van der Waals surface area (Å²) < 4.78 is 5.68. The minimum absolute atomic E-state index is 0.0233. The highest BCUT2D eigenvalue weighted by Gasteiger charge is 2.26. The first-order valence-electron chi connectivity index (χ1n) is 9.51. The minimum atomic E-state index is -0.857. The van der Waals surface area contributed by atoms with Gasteiger partial charge in [0.05, 0.1) is 19.3 Å². The van der Waals surface area contributed by atoms with Crippen molar-refractivity contribution in [3.05, 3.63) is 0 Å². The Morgan fingerprint density at radius 1 is 1.32 bits per heavy atom. The molecule has 0 bridgehead atoms. The van der Waals surface area contributed by atoms with Crippen LogP contribution in [0, 0.1) is 5.92 Å². The second-order valence-electron chi connectivity index (χ2n) is 7.62. The fraction of sp³-hybridized carbons (Fsp3) is 0.889. The third-order valence-corrected chi connectivity index (χ3v) is 5.13. The predicted octanol–water partition coefficient (Wildman–Crippen LogP) is 1.77. The molecule has 144 valence electrons. The van der Waals surface area contributed by atoms with Crippen LogP contribution in [0.25, 0.3) is 0 Å². The molecule has 0 aromatic carbocycles. The van der Waals surface area contributed by atoms with E-state index in [9.17, 15) is 9.59 Å². The van der Waals surface area contributed by atoms with Gasteiger partial charge in [0, 0.05) is 25.7 Å². The average Bonchev–Trinajstić information content (AvgIpc) is 2.55.